The molecule has 4 nitrogen and oxygen atoms in total. The van der Waals surface area contributed by atoms with Crippen LogP contribution in [0.15, 0.2) is 24.3 Å². The van der Waals surface area contributed by atoms with Crippen molar-refractivity contribution in [2.75, 3.05) is 11.9 Å². The van der Waals surface area contributed by atoms with Gasteiger partial charge in [0, 0.05) is 22.3 Å². The molecule has 1 aromatic carbocycles. The standard InChI is InChI=1S/C15H20ClN3O/c16-11-3-1-4-12(9-11)18-14(20)19-13-5-8-17-15(10-13)6-2-7-15/h1,3-4,9,13,17H,2,5-8,10H2,(H2,18,19,20). The maximum atomic E-state index is 12.0. The lowest BCUT2D eigenvalue weighted by Crippen LogP contribution is -2.60. The average Bonchev–Trinajstić information content (AvgIpc) is 2.37. The SMILES string of the molecule is O=C(Nc1cccc(Cl)c1)NC1CCNC2(CCC2)C1. The van der Waals surface area contributed by atoms with Crippen LogP contribution in [0, 0.1) is 0 Å². The van der Waals surface area contributed by atoms with E-state index in [1.165, 1.54) is 19.3 Å². The van der Waals surface area contributed by atoms with E-state index < -0.39 is 0 Å². The first-order chi connectivity index (χ1) is 9.65. The number of urea groups is 1. The highest BCUT2D eigenvalue weighted by Gasteiger charge is 2.41. The number of halogens is 1. The first-order valence-electron chi connectivity index (χ1n) is 7.23. The fraction of sp³-hybridized carbons (Fsp3) is 0.533. The lowest BCUT2D eigenvalue weighted by molar-refractivity contribution is 0.122. The lowest BCUT2D eigenvalue weighted by Gasteiger charge is -2.48. The molecule has 0 aromatic heterocycles. The van der Waals surface area contributed by atoms with E-state index >= 15 is 0 Å². The van der Waals surface area contributed by atoms with Crippen LogP contribution in [-0.4, -0.2) is 24.2 Å². The Morgan fingerprint density at radius 1 is 1.40 bits per heavy atom. The molecule has 20 heavy (non-hydrogen) atoms. The summed E-state index contributed by atoms with van der Waals surface area (Å²) in [6.07, 6.45) is 5.80. The fourth-order valence-corrected chi connectivity index (χ4v) is 3.37. The predicted octanol–water partition coefficient (Wildman–Crippen LogP) is 3.14. The second-order valence-electron chi connectivity index (χ2n) is 5.86. The molecule has 1 spiro atoms. The van der Waals surface area contributed by atoms with Crippen molar-refractivity contribution in [3.63, 3.8) is 0 Å². The third-order valence-electron chi connectivity index (χ3n) is 4.36. The molecule has 1 saturated carbocycles. The number of carbonyl (C=O) groups is 1. The Hall–Kier alpha value is -1.26. The molecular formula is C15H20ClN3O. The van der Waals surface area contributed by atoms with Gasteiger partial charge in [-0.25, -0.2) is 4.79 Å². The van der Waals surface area contributed by atoms with Crippen LogP contribution in [0.4, 0.5) is 10.5 Å². The summed E-state index contributed by atoms with van der Waals surface area (Å²) in [6, 6.07) is 7.31. The molecule has 108 valence electrons. The van der Waals surface area contributed by atoms with E-state index in [9.17, 15) is 4.79 Å². The summed E-state index contributed by atoms with van der Waals surface area (Å²) in [4.78, 5) is 12.0. The topological polar surface area (TPSA) is 53.2 Å². The van der Waals surface area contributed by atoms with E-state index in [0.717, 1.165) is 25.1 Å². The first-order valence-corrected chi connectivity index (χ1v) is 7.61. The smallest absolute Gasteiger partial charge is 0.319 e. The van der Waals surface area contributed by atoms with Crippen molar-refractivity contribution in [3.05, 3.63) is 29.3 Å². The van der Waals surface area contributed by atoms with Gasteiger partial charge < -0.3 is 16.0 Å². The Bertz CT molecular complexity index is 502. The fourth-order valence-electron chi connectivity index (χ4n) is 3.18. The Labute approximate surface area is 124 Å². The van der Waals surface area contributed by atoms with Gasteiger partial charge in [-0.1, -0.05) is 17.7 Å². The van der Waals surface area contributed by atoms with Gasteiger partial charge in [0.25, 0.3) is 0 Å². The van der Waals surface area contributed by atoms with Gasteiger partial charge in [-0.2, -0.15) is 0 Å². The Balaban J connectivity index is 1.53. The second kappa shape index (κ2) is 5.62. The van der Waals surface area contributed by atoms with Gasteiger partial charge in [0.2, 0.25) is 0 Å². The van der Waals surface area contributed by atoms with Gasteiger partial charge in [0.15, 0.2) is 0 Å². The molecule has 2 fully saturated rings. The van der Waals surface area contributed by atoms with Crippen LogP contribution in [0.2, 0.25) is 5.02 Å². The second-order valence-corrected chi connectivity index (χ2v) is 6.30. The zero-order chi connectivity index (χ0) is 14.0. The van der Waals surface area contributed by atoms with E-state index in [0.29, 0.717) is 10.6 Å². The van der Waals surface area contributed by atoms with Crippen molar-refractivity contribution in [1.29, 1.82) is 0 Å². The summed E-state index contributed by atoms with van der Waals surface area (Å²) < 4.78 is 0. The molecule has 1 atom stereocenters. The highest BCUT2D eigenvalue weighted by atomic mass is 35.5. The monoisotopic (exact) mass is 293 g/mol. The lowest BCUT2D eigenvalue weighted by atomic mass is 9.70. The number of benzene rings is 1. The molecule has 1 saturated heterocycles. The van der Waals surface area contributed by atoms with Gasteiger partial charge in [-0.05, 0) is 56.8 Å². The van der Waals surface area contributed by atoms with Crippen molar-refractivity contribution in [1.82, 2.24) is 10.6 Å². The van der Waals surface area contributed by atoms with Crippen molar-refractivity contribution in [3.8, 4) is 0 Å². The van der Waals surface area contributed by atoms with Crippen LogP contribution in [0.3, 0.4) is 0 Å². The number of anilines is 1. The van der Waals surface area contributed by atoms with Crippen LogP contribution >= 0.6 is 11.6 Å². The minimum absolute atomic E-state index is 0.145. The highest BCUT2D eigenvalue weighted by Crippen LogP contribution is 2.38. The molecule has 1 aliphatic carbocycles. The zero-order valence-electron chi connectivity index (χ0n) is 11.4. The normalized spacial score (nSPS) is 23.9. The van der Waals surface area contributed by atoms with E-state index in [-0.39, 0.29) is 12.1 Å². The van der Waals surface area contributed by atoms with Crippen LogP contribution in [0.5, 0.6) is 0 Å². The van der Waals surface area contributed by atoms with Gasteiger partial charge >= 0.3 is 6.03 Å². The molecule has 2 aliphatic rings. The third kappa shape index (κ3) is 3.07. The molecule has 1 unspecified atom stereocenters. The average molecular weight is 294 g/mol. The van der Waals surface area contributed by atoms with Crippen LogP contribution in [0.25, 0.3) is 0 Å². The van der Waals surface area contributed by atoms with Crippen LogP contribution < -0.4 is 16.0 Å². The molecule has 1 aliphatic heterocycles. The predicted molar refractivity (Wildman–Crippen MR) is 81.2 cm³/mol. The number of hydrogen-bond acceptors (Lipinski definition) is 2. The molecule has 0 radical (unpaired) electrons. The molecule has 3 rings (SSSR count). The van der Waals surface area contributed by atoms with Crippen LogP contribution in [0.1, 0.15) is 32.1 Å². The van der Waals surface area contributed by atoms with Crippen molar-refractivity contribution in [2.24, 2.45) is 0 Å². The quantitative estimate of drug-likeness (QED) is 0.785. The van der Waals surface area contributed by atoms with Crippen molar-refractivity contribution in [2.45, 2.75) is 43.7 Å². The molecule has 0 bridgehead atoms. The highest BCUT2D eigenvalue weighted by molar-refractivity contribution is 6.30. The zero-order valence-corrected chi connectivity index (χ0v) is 12.2. The summed E-state index contributed by atoms with van der Waals surface area (Å²) in [7, 11) is 0. The molecule has 2 amide bonds. The number of carbonyl (C=O) groups excluding carboxylic acids is 1. The number of rotatable bonds is 2. The molecule has 3 N–H and O–H groups in total. The Morgan fingerprint density at radius 2 is 2.25 bits per heavy atom. The maximum absolute atomic E-state index is 12.0. The maximum Gasteiger partial charge on any atom is 0.319 e. The Kier molecular flexibility index (Phi) is 3.85. The first kappa shape index (κ1) is 13.7. The van der Waals surface area contributed by atoms with E-state index in [4.69, 9.17) is 11.6 Å². The number of piperidine rings is 1. The number of hydrogen-bond donors (Lipinski definition) is 3. The van der Waals surface area contributed by atoms with Gasteiger partial charge in [-0.3, -0.25) is 0 Å². The minimum Gasteiger partial charge on any atom is -0.335 e. The molecule has 1 aromatic rings. The molecular weight excluding hydrogens is 274 g/mol. The van der Waals surface area contributed by atoms with Crippen molar-refractivity contribution < 1.29 is 4.79 Å². The molecule has 5 heteroatoms. The Morgan fingerprint density at radius 3 is 2.95 bits per heavy atom. The summed E-state index contributed by atoms with van der Waals surface area (Å²) in [5, 5.41) is 10.1. The van der Waals surface area contributed by atoms with E-state index in [1.54, 1.807) is 12.1 Å². The summed E-state index contributed by atoms with van der Waals surface area (Å²) >= 11 is 5.90. The third-order valence-corrected chi connectivity index (χ3v) is 4.59. The number of amides is 2. The largest absolute Gasteiger partial charge is 0.335 e. The van der Waals surface area contributed by atoms with Gasteiger partial charge in [0.05, 0.1) is 0 Å². The van der Waals surface area contributed by atoms with Gasteiger partial charge in [-0.15, -0.1) is 0 Å². The van der Waals surface area contributed by atoms with Crippen LogP contribution in [-0.2, 0) is 0 Å². The van der Waals surface area contributed by atoms with Crippen molar-refractivity contribution >= 4 is 23.3 Å². The van der Waals surface area contributed by atoms with E-state index in [2.05, 4.69) is 16.0 Å². The number of nitrogens with one attached hydrogen (secondary N) is 3. The van der Waals surface area contributed by atoms with Gasteiger partial charge in [0.1, 0.15) is 0 Å². The van der Waals surface area contributed by atoms with E-state index in [1.807, 2.05) is 12.1 Å². The minimum atomic E-state index is -0.145. The summed E-state index contributed by atoms with van der Waals surface area (Å²) in [6.45, 7) is 0.988. The summed E-state index contributed by atoms with van der Waals surface area (Å²) in [5.74, 6) is 0. The molecule has 1 heterocycles. The summed E-state index contributed by atoms with van der Waals surface area (Å²) in [5.41, 5.74) is 1.02.